The molecule has 0 heterocycles. The van der Waals surface area contributed by atoms with Crippen molar-refractivity contribution in [3.63, 3.8) is 0 Å². The summed E-state index contributed by atoms with van der Waals surface area (Å²) in [7, 11) is 1.41. The van der Waals surface area contributed by atoms with Crippen molar-refractivity contribution in [3.8, 4) is 0 Å². The van der Waals surface area contributed by atoms with Crippen LogP contribution in [0.25, 0.3) is 0 Å². The summed E-state index contributed by atoms with van der Waals surface area (Å²) in [6.07, 6.45) is 0.386. The van der Waals surface area contributed by atoms with E-state index >= 15 is 0 Å². The molecule has 3 nitrogen and oxygen atoms in total. The number of halogens is 1. The van der Waals surface area contributed by atoms with E-state index in [-0.39, 0.29) is 18.1 Å². The molecule has 0 saturated heterocycles. The average Bonchev–Trinajstić information content (AvgIpc) is 2.29. The van der Waals surface area contributed by atoms with Gasteiger partial charge in [-0.1, -0.05) is 28.1 Å². The van der Waals surface area contributed by atoms with E-state index < -0.39 is 0 Å². The van der Waals surface area contributed by atoms with Crippen LogP contribution in [0.5, 0.6) is 0 Å². The number of benzene rings is 1. The van der Waals surface area contributed by atoms with Crippen LogP contribution < -0.4 is 5.32 Å². The van der Waals surface area contributed by atoms with Crippen LogP contribution in [0.15, 0.2) is 28.7 Å². The molecule has 0 saturated carbocycles. The monoisotopic (exact) mass is 299 g/mol. The van der Waals surface area contributed by atoms with Crippen LogP contribution in [0, 0.1) is 0 Å². The van der Waals surface area contributed by atoms with Crippen molar-refractivity contribution in [2.45, 2.75) is 32.4 Å². The maximum Gasteiger partial charge on any atom is 0.307 e. The van der Waals surface area contributed by atoms with Gasteiger partial charge in [-0.05, 0) is 31.5 Å². The third-order valence-electron chi connectivity index (χ3n) is 2.61. The summed E-state index contributed by atoms with van der Waals surface area (Å²) in [5.74, 6) is -0.187. The lowest BCUT2D eigenvalue weighted by Gasteiger charge is -2.19. The Kier molecular flexibility index (Phi) is 5.65. The first-order chi connectivity index (χ1) is 8.02. The van der Waals surface area contributed by atoms with Crippen LogP contribution in [0.4, 0.5) is 0 Å². The number of hydrogen-bond donors (Lipinski definition) is 1. The third-order valence-corrected chi connectivity index (χ3v) is 3.13. The second kappa shape index (κ2) is 6.77. The lowest BCUT2D eigenvalue weighted by molar-refractivity contribution is -0.141. The zero-order valence-electron chi connectivity index (χ0n) is 10.4. The zero-order chi connectivity index (χ0) is 12.8. The molecule has 0 aliphatic carbocycles. The Morgan fingerprint density at radius 3 is 2.47 bits per heavy atom. The predicted octanol–water partition coefficient (Wildman–Crippen LogP) is 3.05. The highest BCUT2D eigenvalue weighted by atomic mass is 79.9. The molecule has 0 aliphatic heterocycles. The van der Waals surface area contributed by atoms with E-state index in [1.54, 1.807) is 0 Å². The second-order valence-corrected chi connectivity index (χ2v) is 5.04. The number of methoxy groups -OCH3 is 1. The predicted molar refractivity (Wildman–Crippen MR) is 71.8 cm³/mol. The Bertz CT molecular complexity index is 364. The van der Waals surface area contributed by atoms with Crippen molar-refractivity contribution in [1.29, 1.82) is 0 Å². The summed E-state index contributed by atoms with van der Waals surface area (Å²) >= 11 is 3.41. The molecule has 0 fully saturated rings. The van der Waals surface area contributed by atoms with Gasteiger partial charge in [-0.15, -0.1) is 0 Å². The lowest BCUT2D eigenvalue weighted by atomic mass is 10.1. The molecule has 2 unspecified atom stereocenters. The molecule has 0 spiro atoms. The molecular formula is C13H18BrNO2. The standard InChI is InChI=1S/C13H18BrNO2/c1-9(8-13(16)17-3)15-10(2)11-4-6-12(14)7-5-11/h4-7,9-10,15H,8H2,1-3H3. The normalized spacial score (nSPS) is 14.1. The van der Waals surface area contributed by atoms with Crippen molar-refractivity contribution in [2.24, 2.45) is 0 Å². The largest absolute Gasteiger partial charge is 0.469 e. The number of esters is 1. The quantitative estimate of drug-likeness (QED) is 0.849. The molecule has 0 radical (unpaired) electrons. The molecule has 94 valence electrons. The van der Waals surface area contributed by atoms with Gasteiger partial charge in [0, 0.05) is 16.6 Å². The van der Waals surface area contributed by atoms with Crippen molar-refractivity contribution >= 4 is 21.9 Å². The van der Waals surface area contributed by atoms with Gasteiger partial charge >= 0.3 is 5.97 Å². The van der Waals surface area contributed by atoms with Gasteiger partial charge in [-0.3, -0.25) is 4.79 Å². The molecule has 2 atom stereocenters. The van der Waals surface area contributed by atoms with E-state index in [1.165, 1.54) is 12.7 Å². The van der Waals surface area contributed by atoms with E-state index in [0.29, 0.717) is 6.42 Å². The summed E-state index contributed by atoms with van der Waals surface area (Å²) in [5, 5.41) is 3.36. The fourth-order valence-corrected chi connectivity index (χ4v) is 1.93. The Hall–Kier alpha value is -0.870. The van der Waals surface area contributed by atoms with Gasteiger partial charge in [0.2, 0.25) is 0 Å². The number of carbonyl (C=O) groups is 1. The zero-order valence-corrected chi connectivity index (χ0v) is 12.0. The first kappa shape index (κ1) is 14.2. The van der Waals surface area contributed by atoms with E-state index in [1.807, 2.05) is 19.1 Å². The SMILES string of the molecule is COC(=O)CC(C)NC(C)c1ccc(Br)cc1. The molecule has 1 aromatic rings. The number of nitrogens with one attached hydrogen (secondary N) is 1. The maximum absolute atomic E-state index is 11.1. The number of carbonyl (C=O) groups excluding carboxylic acids is 1. The third kappa shape index (κ3) is 4.88. The molecule has 1 rings (SSSR count). The van der Waals surface area contributed by atoms with Gasteiger partial charge < -0.3 is 10.1 Å². The minimum atomic E-state index is -0.187. The number of hydrogen-bond acceptors (Lipinski definition) is 3. The first-order valence-electron chi connectivity index (χ1n) is 5.61. The van der Waals surface area contributed by atoms with Gasteiger partial charge in [0.15, 0.2) is 0 Å². The molecule has 4 heteroatoms. The van der Waals surface area contributed by atoms with Gasteiger partial charge in [0.05, 0.1) is 13.5 Å². The van der Waals surface area contributed by atoms with E-state index in [0.717, 1.165) is 4.47 Å². The fourth-order valence-electron chi connectivity index (χ4n) is 1.67. The van der Waals surface area contributed by atoms with E-state index in [4.69, 9.17) is 0 Å². The van der Waals surface area contributed by atoms with Gasteiger partial charge in [-0.25, -0.2) is 0 Å². The highest BCUT2D eigenvalue weighted by Gasteiger charge is 2.12. The molecular weight excluding hydrogens is 282 g/mol. The van der Waals surface area contributed by atoms with Gasteiger partial charge in [0.1, 0.15) is 0 Å². The first-order valence-corrected chi connectivity index (χ1v) is 6.40. The molecule has 17 heavy (non-hydrogen) atoms. The van der Waals surface area contributed by atoms with Crippen LogP contribution in [0.3, 0.4) is 0 Å². The summed E-state index contributed by atoms with van der Waals surface area (Å²) in [4.78, 5) is 11.1. The highest BCUT2D eigenvalue weighted by Crippen LogP contribution is 2.17. The average molecular weight is 300 g/mol. The van der Waals surface area contributed by atoms with Crippen LogP contribution in [0.1, 0.15) is 31.9 Å². The van der Waals surface area contributed by atoms with E-state index in [9.17, 15) is 4.79 Å². The summed E-state index contributed by atoms with van der Waals surface area (Å²) in [6.45, 7) is 4.06. The molecule has 1 aromatic carbocycles. The van der Waals surface area contributed by atoms with Crippen molar-refractivity contribution in [1.82, 2.24) is 5.32 Å². The van der Waals surface area contributed by atoms with Crippen LogP contribution in [-0.4, -0.2) is 19.1 Å². The minimum absolute atomic E-state index is 0.0982. The Morgan fingerprint density at radius 1 is 1.35 bits per heavy atom. The highest BCUT2D eigenvalue weighted by molar-refractivity contribution is 9.10. The van der Waals surface area contributed by atoms with Crippen LogP contribution in [-0.2, 0) is 9.53 Å². The van der Waals surface area contributed by atoms with Crippen molar-refractivity contribution < 1.29 is 9.53 Å². The molecule has 0 aliphatic rings. The van der Waals surface area contributed by atoms with E-state index in [2.05, 4.69) is 45.0 Å². The van der Waals surface area contributed by atoms with Gasteiger partial charge in [0.25, 0.3) is 0 Å². The minimum Gasteiger partial charge on any atom is -0.469 e. The second-order valence-electron chi connectivity index (χ2n) is 4.12. The maximum atomic E-state index is 11.1. The topological polar surface area (TPSA) is 38.3 Å². The number of ether oxygens (including phenoxy) is 1. The van der Waals surface area contributed by atoms with Crippen molar-refractivity contribution in [2.75, 3.05) is 7.11 Å². The van der Waals surface area contributed by atoms with Crippen molar-refractivity contribution in [3.05, 3.63) is 34.3 Å². The summed E-state index contributed by atoms with van der Waals surface area (Å²) in [5.41, 5.74) is 1.20. The molecule has 0 bridgehead atoms. The fraction of sp³-hybridized carbons (Fsp3) is 0.462. The Balaban J connectivity index is 2.51. The molecule has 0 aromatic heterocycles. The van der Waals surface area contributed by atoms with Crippen LogP contribution >= 0.6 is 15.9 Å². The molecule has 1 N–H and O–H groups in total. The Morgan fingerprint density at radius 2 is 1.94 bits per heavy atom. The lowest BCUT2D eigenvalue weighted by Crippen LogP contribution is -2.31. The smallest absolute Gasteiger partial charge is 0.307 e. The molecule has 0 amide bonds. The summed E-state index contributed by atoms with van der Waals surface area (Å²) < 4.78 is 5.70. The summed E-state index contributed by atoms with van der Waals surface area (Å²) in [6, 6.07) is 8.46. The van der Waals surface area contributed by atoms with Gasteiger partial charge in [-0.2, -0.15) is 0 Å². The Labute approximate surface area is 111 Å². The number of rotatable bonds is 5. The van der Waals surface area contributed by atoms with Crippen LogP contribution in [0.2, 0.25) is 0 Å².